The number of carbonyl (C=O) groups excluding carboxylic acids is 1. The van der Waals surface area contributed by atoms with E-state index in [1.54, 1.807) is 42.5 Å². The fraction of sp³-hybridized carbons (Fsp3) is 0.0714. The van der Waals surface area contributed by atoms with E-state index in [9.17, 15) is 4.79 Å². The van der Waals surface area contributed by atoms with Gasteiger partial charge in [0.1, 0.15) is 5.75 Å². The predicted molar refractivity (Wildman–Crippen MR) is 71.4 cm³/mol. The first kappa shape index (κ1) is 12.0. The maximum atomic E-state index is 11.9. The minimum Gasteiger partial charge on any atom is -0.423 e. The lowest BCUT2D eigenvalue weighted by Crippen LogP contribution is -2.10. The van der Waals surface area contributed by atoms with Gasteiger partial charge in [-0.25, -0.2) is 4.79 Å². The molecule has 0 saturated carbocycles. The van der Waals surface area contributed by atoms with Crippen LogP contribution in [-0.4, -0.2) is 5.97 Å². The van der Waals surface area contributed by atoms with E-state index < -0.39 is 5.97 Å². The summed E-state index contributed by atoms with van der Waals surface area (Å²) in [6.07, 6.45) is 0. The van der Waals surface area contributed by atoms with Crippen molar-refractivity contribution in [3.05, 3.63) is 53.6 Å². The summed E-state index contributed by atoms with van der Waals surface area (Å²) in [5.41, 5.74) is 13.7. The van der Waals surface area contributed by atoms with Crippen LogP contribution in [0.15, 0.2) is 42.5 Å². The Balaban J connectivity index is 2.19. The predicted octanol–water partition coefficient (Wildman–Crippen LogP) is 2.38. The van der Waals surface area contributed by atoms with Gasteiger partial charge in [0, 0.05) is 11.4 Å². The molecular formula is C14H14N2O2. The lowest BCUT2D eigenvalue weighted by Gasteiger charge is -2.07. The molecule has 0 spiro atoms. The molecule has 0 aliphatic rings. The van der Waals surface area contributed by atoms with Crippen LogP contribution in [0.5, 0.6) is 5.75 Å². The van der Waals surface area contributed by atoms with Crippen molar-refractivity contribution in [1.29, 1.82) is 0 Å². The van der Waals surface area contributed by atoms with Crippen LogP contribution in [0.2, 0.25) is 0 Å². The van der Waals surface area contributed by atoms with Gasteiger partial charge in [0.15, 0.2) is 0 Å². The van der Waals surface area contributed by atoms with E-state index in [1.807, 2.05) is 6.92 Å². The second-order valence-electron chi connectivity index (χ2n) is 4.03. The van der Waals surface area contributed by atoms with Gasteiger partial charge in [0.2, 0.25) is 0 Å². The zero-order valence-corrected chi connectivity index (χ0v) is 10.0. The first-order valence-corrected chi connectivity index (χ1v) is 5.50. The molecule has 0 bridgehead atoms. The number of carbonyl (C=O) groups is 1. The average Bonchev–Trinajstić information content (AvgIpc) is 2.32. The Morgan fingerprint density at radius 2 is 1.61 bits per heavy atom. The van der Waals surface area contributed by atoms with Crippen LogP contribution in [0.1, 0.15) is 15.9 Å². The molecule has 0 unspecified atom stereocenters. The van der Waals surface area contributed by atoms with Gasteiger partial charge >= 0.3 is 5.97 Å². The third-order valence-corrected chi connectivity index (χ3v) is 2.56. The number of nitrogen functional groups attached to an aromatic ring is 2. The number of rotatable bonds is 2. The molecule has 2 aromatic rings. The van der Waals surface area contributed by atoms with E-state index in [-0.39, 0.29) is 0 Å². The Morgan fingerprint density at radius 3 is 2.22 bits per heavy atom. The summed E-state index contributed by atoms with van der Waals surface area (Å²) in [6.45, 7) is 1.82. The fourth-order valence-corrected chi connectivity index (χ4v) is 1.61. The van der Waals surface area contributed by atoms with E-state index >= 15 is 0 Å². The molecule has 18 heavy (non-hydrogen) atoms. The van der Waals surface area contributed by atoms with E-state index in [2.05, 4.69) is 0 Å². The molecule has 4 nitrogen and oxygen atoms in total. The Morgan fingerprint density at radius 1 is 1.00 bits per heavy atom. The number of nitrogens with two attached hydrogens (primary N) is 2. The van der Waals surface area contributed by atoms with Crippen molar-refractivity contribution < 1.29 is 9.53 Å². The molecule has 4 heteroatoms. The van der Waals surface area contributed by atoms with E-state index in [0.29, 0.717) is 22.7 Å². The van der Waals surface area contributed by atoms with Crippen LogP contribution in [0, 0.1) is 6.92 Å². The lowest BCUT2D eigenvalue weighted by molar-refractivity contribution is 0.0734. The highest BCUT2D eigenvalue weighted by molar-refractivity contribution is 5.93. The average molecular weight is 242 g/mol. The Labute approximate surface area is 105 Å². The zero-order chi connectivity index (χ0) is 13.1. The number of hydrogen-bond acceptors (Lipinski definition) is 4. The van der Waals surface area contributed by atoms with Gasteiger partial charge in [0.25, 0.3) is 0 Å². The molecule has 0 aliphatic carbocycles. The Hall–Kier alpha value is -2.49. The molecule has 92 valence electrons. The standard InChI is InChI=1S/C14H14N2O2/c1-9-8-11(16)4-7-13(9)14(17)18-12-5-2-10(15)3-6-12/h2-8H,15-16H2,1H3. The van der Waals surface area contributed by atoms with E-state index in [1.165, 1.54) is 0 Å². The van der Waals surface area contributed by atoms with Gasteiger partial charge in [-0.05, 0) is 55.0 Å². The maximum Gasteiger partial charge on any atom is 0.343 e. The highest BCUT2D eigenvalue weighted by atomic mass is 16.5. The quantitative estimate of drug-likeness (QED) is 0.481. The summed E-state index contributed by atoms with van der Waals surface area (Å²) in [6, 6.07) is 11.7. The first-order valence-electron chi connectivity index (χ1n) is 5.50. The second-order valence-corrected chi connectivity index (χ2v) is 4.03. The van der Waals surface area contributed by atoms with Gasteiger partial charge in [0.05, 0.1) is 5.56 Å². The van der Waals surface area contributed by atoms with Crippen LogP contribution in [0.4, 0.5) is 11.4 Å². The molecule has 0 aromatic heterocycles. The third-order valence-electron chi connectivity index (χ3n) is 2.56. The van der Waals surface area contributed by atoms with Crippen LogP contribution >= 0.6 is 0 Å². The van der Waals surface area contributed by atoms with Crippen molar-refractivity contribution in [2.75, 3.05) is 11.5 Å². The molecule has 0 saturated heterocycles. The number of anilines is 2. The van der Waals surface area contributed by atoms with Crippen molar-refractivity contribution in [2.45, 2.75) is 6.92 Å². The van der Waals surface area contributed by atoms with Crippen molar-refractivity contribution in [2.24, 2.45) is 0 Å². The largest absolute Gasteiger partial charge is 0.423 e. The number of benzene rings is 2. The Bertz CT molecular complexity index is 577. The summed E-state index contributed by atoms with van der Waals surface area (Å²) in [5.74, 6) is 0.0581. The molecule has 0 radical (unpaired) electrons. The van der Waals surface area contributed by atoms with Crippen LogP contribution in [0.3, 0.4) is 0 Å². The van der Waals surface area contributed by atoms with Crippen LogP contribution in [-0.2, 0) is 0 Å². The van der Waals surface area contributed by atoms with Crippen molar-refractivity contribution in [3.63, 3.8) is 0 Å². The number of esters is 1. The van der Waals surface area contributed by atoms with Crippen molar-refractivity contribution >= 4 is 17.3 Å². The van der Waals surface area contributed by atoms with Gasteiger partial charge in [-0.1, -0.05) is 0 Å². The molecule has 2 rings (SSSR count). The number of ether oxygens (including phenoxy) is 1. The SMILES string of the molecule is Cc1cc(N)ccc1C(=O)Oc1ccc(N)cc1. The summed E-state index contributed by atoms with van der Waals surface area (Å²) in [7, 11) is 0. The molecule has 0 fully saturated rings. The number of hydrogen-bond donors (Lipinski definition) is 2. The summed E-state index contributed by atoms with van der Waals surface area (Å²) < 4.78 is 5.24. The minimum atomic E-state index is -0.405. The normalized spacial score (nSPS) is 10.1. The summed E-state index contributed by atoms with van der Waals surface area (Å²) in [4.78, 5) is 11.9. The van der Waals surface area contributed by atoms with Gasteiger partial charge in [-0.2, -0.15) is 0 Å². The first-order chi connectivity index (χ1) is 8.56. The van der Waals surface area contributed by atoms with Crippen LogP contribution in [0.25, 0.3) is 0 Å². The monoisotopic (exact) mass is 242 g/mol. The zero-order valence-electron chi connectivity index (χ0n) is 10.0. The molecular weight excluding hydrogens is 228 g/mol. The molecule has 2 aromatic carbocycles. The fourth-order valence-electron chi connectivity index (χ4n) is 1.61. The number of aryl methyl sites for hydroxylation is 1. The van der Waals surface area contributed by atoms with E-state index in [4.69, 9.17) is 16.2 Å². The maximum absolute atomic E-state index is 11.9. The van der Waals surface area contributed by atoms with Crippen LogP contribution < -0.4 is 16.2 Å². The smallest absolute Gasteiger partial charge is 0.343 e. The topological polar surface area (TPSA) is 78.3 Å². The lowest BCUT2D eigenvalue weighted by atomic mass is 10.1. The highest BCUT2D eigenvalue weighted by Gasteiger charge is 2.11. The van der Waals surface area contributed by atoms with E-state index in [0.717, 1.165) is 5.56 Å². The Kier molecular flexibility index (Phi) is 3.19. The third kappa shape index (κ3) is 2.60. The summed E-state index contributed by atoms with van der Waals surface area (Å²) in [5, 5.41) is 0. The van der Waals surface area contributed by atoms with Gasteiger partial charge in [-0.3, -0.25) is 0 Å². The minimum absolute atomic E-state index is 0.405. The van der Waals surface area contributed by atoms with Crippen molar-refractivity contribution in [1.82, 2.24) is 0 Å². The summed E-state index contributed by atoms with van der Waals surface area (Å²) >= 11 is 0. The van der Waals surface area contributed by atoms with Gasteiger partial charge < -0.3 is 16.2 Å². The van der Waals surface area contributed by atoms with Crippen molar-refractivity contribution in [3.8, 4) is 5.75 Å². The molecule has 0 heterocycles. The van der Waals surface area contributed by atoms with Gasteiger partial charge in [-0.15, -0.1) is 0 Å². The second kappa shape index (κ2) is 4.79. The highest BCUT2D eigenvalue weighted by Crippen LogP contribution is 2.18. The molecule has 0 aliphatic heterocycles. The molecule has 4 N–H and O–H groups in total. The molecule has 0 amide bonds. The molecule has 0 atom stereocenters.